The van der Waals surface area contributed by atoms with Crippen molar-refractivity contribution in [3.63, 3.8) is 0 Å². The maximum atomic E-state index is 8.43. The van der Waals surface area contributed by atoms with Gasteiger partial charge in [-0.25, -0.2) is 10.4 Å². The van der Waals surface area contributed by atoms with Crippen LogP contribution in [0.1, 0.15) is 12.5 Å². The highest BCUT2D eigenvalue weighted by Crippen LogP contribution is 2.20. The van der Waals surface area contributed by atoms with E-state index >= 15 is 0 Å². The van der Waals surface area contributed by atoms with Crippen molar-refractivity contribution in [3.8, 4) is 0 Å². The summed E-state index contributed by atoms with van der Waals surface area (Å²) in [6.07, 6.45) is 0. The summed E-state index contributed by atoms with van der Waals surface area (Å²) in [7, 11) is 4.03. The first kappa shape index (κ1) is 16.2. The second-order valence-electron chi connectivity index (χ2n) is 6.18. The predicted octanol–water partition coefficient (Wildman–Crippen LogP) is 3.21. The van der Waals surface area contributed by atoms with Crippen molar-refractivity contribution in [2.45, 2.75) is 19.5 Å². The SMILES string of the molecule is CC1NN(Cc2ccccc2)C(=N)C1=Nc1ccc(N(C)C)cc1. The van der Waals surface area contributed by atoms with Crippen LogP contribution in [-0.2, 0) is 6.54 Å². The maximum absolute atomic E-state index is 8.43. The normalized spacial score (nSPS) is 19.1. The molecular formula is C19H23N5. The maximum Gasteiger partial charge on any atom is 0.159 e. The second kappa shape index (κ2) is 6.84. The number of hydrazine groups is 1. The lowest BCUT2D eigenvalue weighted by Crippen LogP contribution is -2.35. The number of amidine groups is 1. The predicted molar refractivity (Wildman–Crippen MR) is 100 cm³/mol. The molecule has 0 bridgehead atoms. The molecule has 2 aromatic carbocycles. The molecule has 1 unspecified atom stereocenters. The van der Waals surface area contributed by atoms with Gasteiger partial charge >= 0.3 is 0 Å². The first-order valence-electron chi connectivity index (χ1n) is 8.07. The van der Waals surface area contributed by atoms with Crippen molar-refractivity contribution < 1.29 is 0 Å². The summed E-state index contributed by atoms with van der Waals surface area (Å²) < 4.78 is 0. The van der Waals surface area contributed by atoms with Crippen LogP contribution in [0.15, 0.2) is 59.6 Å². The molecular weight excluding hydrogens is 298 g/mol. The molecule has 1 atom stereocenters. The lowest BCUT2D eigenvalue weighted by molar-refractivity contribution is 0.312. The number of hydrogen-bond donors (Lipinski definition) is 2. The monoisotopic (exact) mass is 321 g/mol. The van der Waals surface area contributed by atoms with Gasteiger partial charge in [0, 0.05) is 19.8 Å². The standard InChI is InChI=1S/C19H23N5/c1-14-18(21-16-9-11-17(12-10-16)23(2)3)19(20)24(22-14)13-15-7-5-4-6-8-15/h4-12,14,20,22H,13H2,1-3H3. The van der Waals surface area contributed by atoms with Gasteiger partial charge < -0.3 is 4.90 Å². The number of nitrogens with zero attached hydrogens (tertiary/aromatic N) is 3. The van der Waals surface area contributed by atoms with Gasteiger partial charge in [0.1, 0.15) is 5.71 Å². The van der Waals surface area contributed by atoms with Crippen LogP contribution >= 0.6 is 0 Å². The molecule has 1 saturated heterocycles. The van der Waals surface area contributed by atoms with Gasteiger partial charge in [0.25, 0.3) is 0 Å². The zero-order valence-corrected chi connectivity index (χ0v) is 14.3. The van der Waals surface area contributed by atoms with Crippen LogP contribution in [0.2, 0.25) is 0 Å². The molecule has 1 heterocycles. The molecule has 2 N–H and O–H groups in total. The zero-order valence-electron chi connectivity index (χ0n) is 14.3. The molecule has 2 aromatic rings. The van der Waals surface area contributed by atoms with Crippen molar-refractivity contribution in [1.29, 1.82) is 5.41 Å². The van der Waals surface area contributed by atoms with Crippen molar-refractivity contribution in [3.05, 3.63) is 60.2 Å². The van der Waals surface area contributed by atoms with Crippen LogP contribution in [0, 0.1) is 5.41 Å². The Bertz CT molecular complexity index is 734. The van der Waals surface area contributed by atoms with Gasteiger partial charge in [0.15, 0.2) is 5.84 Å². The number of nitrogens with one attached hydrogen (secondary N) is 2. The van der Waals surface area contributed by atoms with Gasteiger partial charge in [-0.2, -0.15) is 0 Å². The van der Waals surface area contributed by atoms with E-state index in [0.717, 1.165) is 17.1 Å². The molecule has 0 radical (unpaired) electrons. The zero-order chi connectivity index (χ0) is 17.1. The molecule has 1 fully saturated rings. The Labute approximate surface area is 143 Å². The molecule has 0 aromatic heterocycles. The summed E-state index contributed by atoms with van der Waals surface area (Å²) in [5.41, 5.74) is 7.26. The molecule has 1 aliphatic heterocycles. The van der Waals surface area contributed by atoms with E-state index in [1.54, 1.807) is 0 Å². The van der Waals surface area contributed by atoms with Crippen LogP contribution < -0.4 is 10.3 Å². The molecule has 0 amide bonds. The molecule has 5 heteroatoms. The Morgan fingerprint density at radius 2 is 1.75 bits per heavy atom. The van der Waals surface area contributed by atoms with Crippen LogP contribution in [0.25, 0.3) is 0 Å². The molecule has 1 aliphatic rings. The van der Waals surface area contributed by atoms with E-state index in [4.69, 9.17) is 5.41 Å². The fourth-order valence-electron chi connectivity index (χ4n) is 2.71. The summed E-state index contributed by atoms with van der Waals surface area (Å²) in [6, 6.07) is 18.2. The first-order valence-corrected chi connectivity index (χ1v) is 8.07. The van der Waals surface area contributed by atoms with E-state index in [1.165, 1.54) is 5.56 Å². The number of hydrogen-bond acceptors (Lipinski definition) is 4. The smallest absolute Gasteiger partial charge is 0.159 e. The quantitative estimate of drug-likeness (QED) is 0.909. The van der Waals surface area contributed by atoms with Crippen molar-refractivity contribution in [2.24, 2.45) is 4.99 Å². The molecule has 5 nitrogen and oxygen atoms in total. The fourth-order valence-corrected chi connectivity index (χ4v) is 2.71. The summed E-state index contributed by atoms with van der Waals surface area (Å²) >= 11 is 0. The van der Waals surface area contributed by atoms with Crippen LogP contribution in [0.4, 0.5) is 11.4 Å². The molecule has 124 valence electrons. The van der Waals surface area contributed by atoms with Gasteiger partial charge in [-0.1, -0.05) is 30.3 Å². The minimum atomic E-state index is 0.0229. The third-order valence-corrected chi connectivity index (χ3v) is 4.07. The first-order chi connectivity index (χ1) is 11.5. The summed E-state index contributed by atoms with van der Waals surface area (Å²) in [6.45, 7) is 2.69. The Kier molecular flexibility index (Phi) is 4.62. The van der Waals surface area contributed by atoms with Crippen LogP contribution in [-0.4, -0.2) is 36.7 Å². The van der Waals surface area contributed by atoms with Gasteiger partial charge in [-0.15, -0.1) is 0 Å². The largest absolute Gasteiger partial charge is 0.378 e. The van der Waals surface area contributed by atoms with Crippen LogP contribution in [0.3, 0.4) is 0 Å². The average molecular weight is 321 g/mol. The van der Waals surface area contributed by atoms with Crippen LogP contribution in [0.5, 0.6) is 0 Å². The molecule has 3 rings (SSSR count). The number of anilines is 1. The summed E-state index contributed by atoms with van der Waals surface area (Å²) in [5.74, 6) is 0.433. The van der Waals surface area contributed by atoms with E-state index in [0.29, 0.717) is 12.4 Å². The highest BCUT2D eigenvalue weighted by atomic mass is 15.6. The van der Waals surface area contributed by atoms with E-state index in [-0.39, 0.29) is 6.04 Å². The Hall–Kier alpha value is -2.66. The number of aliphatic imine (C=N–C) groups is 1. The Morgan fingerprint density at radius 3 is 2.38 bits per heavy atom. The second-order valence-corrected chi connectivity index (χ2v) is 6.18. The molecule has 0 saturated carbocycles. The van der Waals surface area contributed by atoms with Gasteiger partial charge in [-0.05, 0) is 36.8 Å². The van der Waals surface area contributed by atoms with E-state index in [1.807, 2.05) is 68.5 Å². The molecule has 0 spiro atoms. The Balaban J connectivity index is 1.77. The summed E-state index contributed by atoms with van der Waals surface area (Å²) in [4.78, 5) is 6.74. The summed E-state index contributed by atoms with van der Waals surface area (Å²) in [5, 5.41) is 10.3. The topological polar surface area (TPSA) is 54.7 Å². The lowest BCUT2D eigenvalue weighted by Gasteiger charge is -2.17. The number of rotatable bonds is 4. The van der Waals surface area contributed by atoms with Gasteiger partial charge in [0.05, 0.1) is 18.3 Å². The third kappa shape index (κ3) is 3.46. The highest BCUT2D eigenvalue weighted by Gasteiger charge is 2.30. The van der Waals surface area contributed by atoms with Crippen molar-refractivity contribution in [2.75, 3.05) is 19.0 Å². The number of benzene rings is 2. The fraction of sp³-hybridized carbons (Fsp3) is 0.263. The molecule has 0 aliphatic carbocycles. The molecule has 24 heavy (non-hydrogen) atoms. The van der Waals surface area contributed by atoms with Crippen molar-refractivity contribution in [1.82, 2.24) is 10.4 Å². The van der Waals surface area contributed by atoms with Crippen molar-refractivity contribution >= 4 is 22.9 Å². The van der Waals surface area contributed by atoms with E-state index in [9.17, 15) is 0 Å². The van der Waals surface area contributed by atoms with Gasteiger partial charge in [0.2, 0.25) is 0 Å². The third-order valence-electron chi connectivity index (χ3n) is 4.07. The minimum Gasteiger partial charge on any atom is -0.378 e. The Morgan fingerprint density at radius 1 is 1.08 bits per heavy atom. The lowest BCUT2D eigenvalue weighted by atomic mass is 10.2. The van der Waals surface area contributed by atoms with Gasteiger partial charge in [-0.3, -0.25) is 10.4 Å². The van der Waals surface area contributed by atoms with E-state index < -0.39 is 0 Å². The van der Waals surface area contributed by atoms with E-state index in [2.05, 4.69) is 27.5 Å². The minimum absolute atomic E-state index is 0.0229. The highest BCUT2D eigenvalue weighted by molar-refractivity contribution is 6.43. The average Bonchev–Trinajstić information content (AvgIpc) is 2.84.